The summed E-state index contributed by atoms with van der Waals surface area (Å²) in [6.45, 7) is 72.8. The zero-order valence-corrected chi connectivity index (χ0v) is 83.8. The van der Waals surface area contributed by atoms with Crippen LogP contribution >= 0.6 is 0 Å². The summed E-state index contributed by atoms with van der Waals surface area (Å²) in [5, 5.41) is 0. The van der Waals surface area contributed by atoms with Gasteiger partial charge in [0.05, 0.1) is 99.8 Å². The fourth-order valence-corrected chi connectivity index (χ4v) is 19.0. The molecule has 8 nitrogen and oxygen atoms in total. The van der Waals surface area contributed by atoms with Crippen LogP contribution in [-0.4, -0.2) is 112 Å². The Kier molecular flexibility index (Phi) is 35.8. The Morgan fingerprint density at radius 2 is 0.732 bits per heavy atom. The molecule has 9 aromatic carbocycles. The van der Waals surface area contributed by atoms with Gasteiger partial charge in [-0.05, 0) is 257 Å². The standard InChI is InChI=1S/C25H30N.C24H33N2O.C19H34N.C17H28N.2C15H26N/c1-20(2)25-18-12-11-13-22(25)19-26(21(3)4,23-14-7-5-8-15-23)24-16-9-6-10-17-24;1-16(2)25-20-14-9-10-15-21(20)26(22-18(5)12-11-13-19(22)6)23(25)24(7,8)27-17(3)4;1-14(2)19-12-10-9-11-18(19)13-20(15(3)4,16(5)6)17(7)8;1-14(2)17-10-6-5-9-16(17)13-18(15(3)4)11-7-8-12-18;2*1-12(2)15-10-8-7-9-14(15)11-16(5,6)13(3)4/h5-18,20-21H,19H2,1-4H3;9-17H,1-8H3;9-12,14-17H,13H2,1-8H3;5-6,9-10,14-15H,7-8,11-13H2,1-4H3;2*7-10,12-13H,11H2,1-6H3/q6*+1/i;5D3;;;5D3;. The number of aromatic nitrogens is 2. The second-order valence-corrected chi connectivity index (χ2v) is 40.9. The normalized spacial score (nSPS) is 14.7. The summed E-state index contributed by atoms with van der Waals surface area (Å²) in [5.74, 6) is 3.71. The number of para-hydroxylation sites is 5. The number of rotatable bonds is 29. The zero-order valence-electron chi connectivity index (χ0n) is 89.8. The van der Waals surface area contributed by atoms with Crippen LogP contribution in [0, 0.1) is 13.8 Å². The first-order valence-corrected chi connectivity index (χ1v) is 47.3. The molecule has 0 N–H and O–H groups in total. The van der Waals surface area contributed by atoms with Gasteiger partial charge in [0.15, 0.2) is 16.6 Å². The predicted octanol–water partition coefficient (Wildman–Crippen LogP) is 30.1. The summed E-state index contributed by atoms with van der Waals surface area (Å²) in [6, 6.07) is 83.5. The molecule has 1 aliphatic rings. The fourth-order valence-electron chi connectivity index (χ4n) is 19.0. The van der Waals surface area contributed by atoms with E-state index in [1.165, 1.54) is 87.3 Å². The Hall–Kier alpha value is -7.79. The summed E-state index contributed by atoms with van der Waals surface area (Å²) in [4.78, 5) is 0. The van der Waals surface area contributed by atoms with Gasteiger partial charge in [-0.1, -0.05) is 257 Å². The van der Waals surface area contributed by atoms with Crippen LogP contribution in [0.4, 0.5) is 11.4 Å². The van der Waals surface area contributed by atoms with Gasteiger partial charge in [-0.3, -0.25) is 4.48 Å². The minimum atomic E-state index is -2.23. The van der Waals surface area contributed by atoms with E-state index < -0.39 is 19.4 Å². The molecule has 0 amide bonds. The molecule has 1 unspecified atom stereocenters. The summed E-state index contributed by atoms with van der Waals surface area (Å²) in [5.41, 5.74) is 20.5. The Bertz CT molecular complexity index is 4950. The average molecular weight is 1680 g/mol. The van der Waals surface area contributed by atoms with Crippen molar-refractivity contribution in [3.63, 3.8) is 0 Å². The quantitative estimate of drug-likeness (QED) is 0.0338. The molecule has 123 heavy (non-hydrogen) atoms. The third kappa shape index (κ3) is 26.9. The highest BCUT2D eigenvalue weighted by Gasteiger charge is 2.44. The van der Waals surface area contributed by atoms with Gasteiger partial charge >= 0.3 is 0 Å². The Morgan fingerprint density at radius 1 is 0.382 bits per heavy atom. The first-order chi connectivity index (χ1) is 60.1. The van der Waals surface area contributed by atoms with E-state index in [9.17, 15) is 0 Å². The van der Waals surface area contributed by atoms with E-state index in [0.717, 1.165) is 67.1 Å². The minimum absolute atomic E-state index is 0.0195. The number of fused-ring (bicyclic) bond motifs is 1. The number of aryl methyl sites for hydroxylation is 2. The van der Waals surface area contributed by atoms with Crippen molar-refractivity contribution < 1.29 is 35.5 Å². The van der Waals surface area contributed by atoms with Crippen LogP contribution in [0.5, 0.6) is 0 Å². The molecule has 1 atom stereocenters. The predicted molar refractivity (Wildman–Crippen MR) is 538 cm³/mol. The monoisotopic (exact) mass is 1680 g/mol. The smallest absolute Gasteiger partial charge is 0.295 e. The number of ether oxygens (including phenoxy) is 1. The van der Waals surface area contributed by atoms with Crippen LogP contribution in [-0.2, 0) is 43.1 Å². The van der Waals surface area contributed by atoms with Crippen LogP contribution in [0.3, 0.4) is 0 Å². The second-order valence-electron chi connectivity index (χ2n) is 40.9. The van der Waals surface area contributed by atoms with Crippen molar-refractivity contribution in [1.82, 2.24) is 9.05 Å². The Labute approximate surface area is 763 Å². The van der Waals surface area contributed by atoms with E-state index in [0.29, 0.717) is 77.6 Å². The molecule has 0 bridgehead atoms. The molecule has 1 aliphatic heterocycles. The lowest BCUT2D eigenvalue weighted by Gasteiger charge is -2.50. The van der Waals surface area contributed by atoms with Gasteiger partial charge in [0.25, 0.3) is 5.82 Å². The third-order valence-electron chi connectivity index (χ3n) is 27.0. The van der Waals surface area contributed by atoms with Crippen LogP contribution in [0.15, 0.2) is 224 Å². The molecule has 1 fully saturated rings. The van der Waals surface area contributed by atoms with E-state index in [1.54, 1.807) is 17.2 Å². The van der Waals surface area contributed by atoms with Gasteiger partial charge < -0.3 is 22.7 Å². The molecule has 11 rings (SSSR count). The van der Waals surface area contributed by atoms with Crippen molar-refractivity contribution in [2.24, 2.45) is 0 Å². The molecule has 0 radical (unpaired) electrons. The van der Waals surface area contributed by atoms with E-state index in [2.05, 4.69) is 385 Å². The summed E-state index contributed by atoms with van der Waals surface area (Å²) >= 11 is 0. The van der Waals surface area contributed by atoms with Crippen molar-refractivity contribution >= 4 is 22.4 Å². The van der Waals surface area contributed by atoms with Crippen LogP contribution in [0.2, 0.25) is 0 Å². The number of hydrogen-bond acceptors (Lipinski definition) is 1. The van der Waals surface area contributed by atoms with Crippen molar-refractivity contribution in [3.8, 4) is 5.69 Å². The van der Waals surface area contributed by atoms with Gasteiger partial charge in [0.1, 0.15) is 49.8 Å². The molecule has 1 saturated heterocycles. The van der Waals surface area contributed by atoms with E-state index in [-0.39, 0.29) is 22.7 Å². The molecule has 2 heterocycles. The van der Waals surface area contributed by atoms with Crippen LogP contribution in [0.25, 0.3) is 16.7 Å². The molecule has 0 spiro atoms. The first kappa shape index (κ1) is 94.3. The third-order valence-corrected chi connectivity index (χ3v) is 27.0. The second kappa shape index (κ2) is 46.6. The maximum atomic E-state index is 8.18. The molecule has 672 valence electrons. The molecular formula is C115H177N7O+6. The highest BCUT2D eigenvalue weighted by Crippen LogP contribution is 2.42. The number of benzene rings is 9. The SMILES string of the molecule is CC(C)c1ccccc1C[N+](C(C)C)(C(C)C)C(C)C.CC(C)c1ccccc1C[N+](C)(C)C(C)C.CC(C)c1ccccc1C[N+](c1ccccc1)(c1ccccc1)C(C)C.CC(C)c1ccccc1C[N+]1(C(C)C)CCCC1.[2H]C([2H])([2H])[N+](C)(Cc1ccccc1C(C)C)C(C)C.[2H]C([2H])([2H])c1cccc(C)c1-n1c(C(C)(C)OC(C)C)[n+](C(C)C)c2ccccc21. The maximum Gasteiger partial charge on any atom is 0.295 e. The average Bonchev–Trinajstić information content (AvgIpc) is 1.57. The van der Waals surface area contributed by atoms with E-state index in [4.69, 9.17) is 13.0 Å². The molecule has 0 aliphatic carbocycles. The van der Waals surface area contributed by atoms with Gasteiger partial charge in [-0.2, -0.15) is 4.57 Å². The van der Waals surface area contributed by atoms with E-state index in [1.807, 2.05) is 78.1 Å². The largest absolute Gasteiger partial charge is 0.360 e. The lowest BCUT2D eigenvalue weighted by Crippen LogP contribution is -2.61. The number of nitrogens with zero attached hydrogens (tertiary/aromatic N) is 7. The first-order valence-electron chi connectivity index (χ1n) is 50.3. The molecule has 0 saturated carbocycles. The van der Waals surface area contributed by atoms with Crippen LogP contribution in [0.1, 0.15) is 337 Å². The highest BCUT2D eigenvalue weighted by atomic mass is 16.5. The summed E-state index contributed by atoms with van der Waals surface area (Å²) < 4.78 is 63.2. The summed E-state index contributed by atoms with van der Waals surface area (Å²) in [7, 11) is 6.44. The van der Waals surface area contributed by atoms with Crippen molar-refractivity contribution in [2.45, 2.75) is 357 Å². The zero-order chi connectivity index (χ0) is 96.9. The maximum absolute atomic E-state index is 8.18. The topological polar surface area (TPSA) is 18.0 Å². The van der Waals surface area contributed by atoms with Gasteiger partial charge in [-0.25, -0.2) is 4.57 Å². The van der Waals surface area contributed by atoms with Crippen molar-refractivity contribution in [2.75, 3.05) is 41.2 Å². The van der Waals surface area contributed by atoms with Gasteiger partial charge in [-0.15, -0.1) is 0 Å². The molecule has 8 heteroatoms. The number of quaternary nitrogens is 5. The lowest BCUT2D eigenvalue weighted by molar-refractivity contribution is -0.997. The number of likely N-dealkylation sites (tertiary alicyclic amines) is 1. The van der Waals surface area contributed by atoms with Gasteiger partial charge in [0.2, 0.25) is 0 Å². The Morgan fingerprint density at radius 3 is 1.09 bits per heavy atom. The highest BCUT2D eigenvalue weighted by molar-refractivity contribution is 5.76. The number of imidazole rings is 1. The van der Waals surface area contributed by atoms with Crippen molar-refractivity contribution in [1.29, 1.82) is 0 Å². The lowest BCUT2D eigenvalue weighted by atomic mass is 9.94. The minimum Gasteiger partial charge on any atom is -0.360 e. The number of hydrogen-bond donors (Lipinski definition) is 0. The van der Waals surface area contributed by atoms with Crippen LogP contribution < -0.4 is 9.05 Å². The van der Waals surface area contributed by atoms with Crippen molar-refractivity contribution in [3.05, 3.63) is 297 Å². The van der Waals surface area contributed by atoms with E-state index >= 15 is 0 Å². The fraction of sp³-hybridized carbons (Fsp3) is 0.522. The summed E-state index contributed by atoms with van der Waals surface area (Å²) in [6.07, 6.45) is 2.83. The molecule has 10 aromatic rings. The van der Waals surface area contributed by atoms with Gasteiger partial charge in [0, 0.05) is 44.8 Å². The Balaban J connectivity index is 0.000000242. The molecular weight excluding hydrogens is 1500 g/mol. The molecule has 1 aromatic heterocycles.